The number of carboxylic acid groups (broad SMARTS) is 1. The number of sulfonamides is 1. The van der Waals surface area contributed by atoms with Crippen molar-refractivity contribution in [3.05, 3.63) is 64.9 Å². The van der Waals surface area contributed by atoms with Gasteiger partial charge in [0.1, 0.15) is 17.7 Å². The molecule has 1 aliphatic rings. The van der Waals surface area contributed by atoms with E-state index in [1.165, 1.54) is 16.4 Å². The Morgan fingerprint density at radius 2 is 1.90 bits per heavy atom. The van der Waals surface area contributed by atoms with Crippen LogP contribution in [0.25, 0.3) is 0 Å². The molecule has 3 rings (SSSR count). The summed E-state index contributed by atoms with van der Waals surface area (Å²) in [5, 5.41) is 11.5. The molecule has 0 saturated carbocycles. The van der Waals surface area contributed by atoms with Crippen molar-refractivity contribution >= 4 is 27.7 Å². The molecule has 0 aliphatic carbocycles. The molecular formula is C20H22ClFN2O5S. The predicted molar refractivity (Wildman–Crippen MR) is 111 cm³/mol. The lowest BCUT2D eigenvalue weighted by Gasteiger charge is -2.32. The van der Waals surface area contributed by atoms with Crippen molar-refractivity contribution in [1.29, 1.82) is 0 Å². The van der Waals surface area contributed by atoms with Gasteiger partial charge in [0.15, 0.2) is 0 Å². The molecule has 10 heteroatoms. The van der Waals surface area contributed by atoms with Crippen LogP contribution in [0.2, 0.25) is 5.02 Å². The highest BCUT2D eigenvalue weighted by Gasteiger charge is 2.32. The lowest BCUT2D eigenvalue weighted by Crippen LogP contribution is -2.45. The van der Waals surface area contributed by atoms with Gasteiger partial charge in [-0.25, -0.2) is 21.9 Å². The Morgan fingerprint density at radius 1 is 1.23 bits per heavy atom. The third-order valence-electron chi connectivity index (χ3n) is 4.86. The zero-order valence-corrected chi connectivity index (χ0v) is 17.6. The summed E-state index contributed by atoms with van der Waals surface area (Å²) in [5.41, 5.74) is 0.577. The Hall–Kier alpha value is -2.36. The summed E-state index contributed by atoms with van der Waals surface area (Å²) in [6.07, 6.45) is -0.659. The topological polar surface area (TPSA) is 95.9 Å². The first-order chi connectivity index (χ1) is 14.2. The van der Waals surface area contributed by atoms with E-state index in [9.17, 15) is 17.6 Å². The molecular weight excluding hydrogens is 435 g/mol. The number of piperidine rings is 1. The van der Waals surface area contributed by atoms with Gasteiger partial charge in [-0.3, -0.25) is 0 Å². The smallest absolute Gasteiger partial charge is 0.405 e. The maximum Gasteiger partial charge on any atom is 0.405 e. The van der Waals surface area contributed by atoms with Gasteiger partial charge in [0.25, 0.3) is 0 Å². The second-order valence-corrected chi connectivity index (χ2v) is 9.40. The Labute approximate surface area is 179 Å². The van der Waals surface area contributed by atoms with Crippen LogP contribution in [-0.4, -0.2) is 48.9 Å². The van der Waals surface area contributed by atoms with Gasteiger partial charge in [-0.1, -0.05) is 41.9 Å². The molecule has 0 spiro atoms. The van der Waals surface area contributed by atoms with Crippen molar-refractivity contribution in [2.75, 3.05) is 18.8 Å². The minimum Gasteiger partial charge on any atom is -0.489 e. The lowest BCUT2D eigenvalue weighted by atomic mass is 10.1. The number of rotatable bonds is 7. The second-order valence-electron chi connectivity index (χ2n) is 6.98. The Morgan fingerprint density at radius 3 is 2.50 bits per heavy atom. The minimum absolute atomic E-state index is 0.162. The highest BCUT2D eigenvalue weighted by atomic mass is 35.5. The van der Waals surface area contributed by atoms with Crippen LogP contribution < -0.4 is 10.1 Å². The second kappa shape index (κ2) is 9.63. The monoisotopic (exact) mass is 456 g/mol. The Balaban J connectivity index is 1.62. The minimum atomic E-state index is -3.71. The first-order valence-electron chi connectivity index (χ1n) is 9.38. The molecule has 2 aromatic rings. The maximum absolute atomic E-state index is 13.2. The SMILES string of the molecule is O=C(O)N[C@@H](CS(=O)(=O)N1CCC(Oc2ccc(F)cc2Cl)CC1)c1ccccc1. The van der Waals surface area contributed by atoms with Crippen molar-refractivity contribution in [3.63, 3.8) is 0 Å². The Bertz CT molecular complexity index is 982. The number of benzene rings is 2. The zero-order chi connectivity index (χ0) is 21.7. The summed E-state index contributed by atoms with van der Waals surface area (Å²) < 4.78 is 46.1. The summed E-state index contributed by atoms with van der Waals surface area (Å²) in [5.74, 6) is -0.482. The normalized spacial score (nSPS) is 16.7. The quantitative estimate of drug-likeness (QED) is 0.662. The van der Waals surface area contributed by atoms with E-state index in [4.69, 9.17) is 21.4 Å². The Kier molecular flexibility index (Phi) is 7.17. The van der Waals surface area contributed by atoms with Crippen molar-refractivity contribution in [2.45, 2.75) is 25.0 Å². The molecule has 162 valence electrons. The third kappa shape index (κ3) is 5.84. The number of nitrogens with zero attached hydrogens (tertiary/aromatic N) is 1. The number of hydrogen-bond acceptors (Lipinski definition) is 4. The molecule has 1 aliphatic heterocycles. The molecule has 0 unspecified atom stereocenters. The van der Waals surface area contributed by atoms with Gasteiger partial charge >= 0.3 is 6.09 Å². The summed E-state index contributed by atoms with van der Waals surface area (Å²) in [4.78, 5) is 11.1. The van der Waals surface area contributed by atoms with Crippen LogP contribution in [0, 0.1) is 5.82 Å². The maximum atomic E-state index is 13.2. The van der Waals surface area contributed by atoms with Gasteiger partial charge in [0.05, 0.1) is 16.8 Å². The summed E-state index contributed by atoms with van der Waals surface area (Å²) in [6, 6.07) is 11.6. The van der Waals surface area contributed by atoms with E-state index in [2.05, 4.69) is 5.32 Å². The molecule has 2 N–H and O–H groups in total. The number of halogens is 2. The highest BCUT2D eigenvalue weighted by Crippen LogP contribution is 2.29. The predicted octanol–water partition coefficient (Wildman–Crippen LogP) is 3.66. The fraction of sp³-hybridized carbons (Fsp3) is 0.350. The van der Waals surface area contributed by atoms with Crippen molar-refractivity contribution in [3.8, 4) is 5.75 Å². The number of ether oxygens (including phenoxy) is 1. The van der Waals surface area contributed by atoms with Gasteiger partial charge in [0.2, 0.25) is 10.0 Å². The lowest BCUT2D eigenvalue weighted by molar-refractivity contribution is 0.135. The van der Waals surface area contributed by atoms with Crippen LogP contribution in [0.3, 0.4) is 0 Å². The van der Waals surface area contributed by atoms with Gasteiger partial charge in [-0.2, -0.15) is 0 Å². The molecule has 1 fully saturated rings. The molecule has 1 atom stereocenters. The van der Waals surface area contributed by atoms with Gasteiger partial charge in [-0.15, -0.1) is 0 Å². The summed E-state index contributed by atoms with van der Waals surface area (Å²) in [6.45, 7) is 0.473. The van der Waals surface area contributed by atoms with E-state index in [0.717, 1.165) is 6.07 Å². The number of hydrogen-bond donors (Lipinski definition) is 2. The zero-order valence-electron chi connectivity index (χ0n) is 16.0. The van der Waals surface area contributed by atoms with E-state index in [-0.39, 0.29) is 30.0 Å². The molecule has 7 nitrogen and oxygen atoms in total. The van der Waals surface area contributed by atoms with Gasteiger partial charge < -0.3 is 15.2 Å². The summed E-state index contributed by atoms with van der Waals surface area (Å²) >= 11 is 5.98. The van der Waals surface area contributed by atoms with Crippen LogP contribution in [0.15, 0.2) is 48.5 Å². The first-order valence-corrected chi connectivity index (χ1v) is 11.4. The number of amides is 1. The standard InChI is InChI=1S/C20H22ClFN2O5S/c21-17-12-15(22)6-7-19(17)29-16-8-10-24(11-9-16)30(27,28)13-18(23-20(25)26)14-4-2-1-3-5-14/h1-7,12,16,18,23H,8-11,13H2,(H,25,26)/t18-/m0/s1. The highest BCUT2D eigenvalue weighted by molar-refractivity contribution is 7.89. The molecule has 1 heterocycles. The molecule has 2 aromatic carbocycles. The largest absolute Gasteiger partial charge is 0.489 e. The van der Waals surface area contributed by atoms with E-state index in [0.29, 0.717) is 24.2 Å². The van der Waals surface area contributed by atoms with E-state index >= 15 is 0 Å². The van der Waals surface area contributed by atoms with Crippen LogP contribution in [-0.2, 0) is 10.0 Å². The fourth-order valence-corrected chi connectivity index (χ4v) is 5.24. The van der Waals surface area contributed by atoms with E-state index in [1.54, 1.807) is 30.3 Å². The molecule has 0 bridgehead atoms. The van der Waals surface area contributed by atoms with Crippen molar-refractivity contribution in [2.24, 2.45) is 0 Å². The average molecular weight is 457 g/mol. The first kappa shape index (κ1) is 22.3. The number of carbonyl (C=O) groups is 1. The van der Waals surface area contributed by atoms with Crippen LogP contribution in [0.5, 0.6) is 5.75 Å². The molecule has 30 heavy (non-hydrogen) atoms. The number of nitrogens with one attached hydrogen (secondary N) is 1. The third-order valence-corrected chi connectivity index (χ3v) is 7.06. The van der Waals surface area contributed by atoms with E-state index in [1.807, 2.05) is 0 Å². The van der Waals surface area contributed by atoms with Crippen LogP contribution in [0.1, 0.15) is 24.4 Å². The molecule has 0 aromatic heterocycles. The average Bonchev–Trinajstić information content (AvgIpc) is 2.70. The molecule has 0 radical (unpaired) electrons. The molecule has 1 saturated heterocycles. The fourth-order valence-electron chi connectivity index (χ4n) is 3.35. The van der Waals surface area contributed by atoms with Crippen LogP contribution >= 0.6 is 11.6 Å². The van der Waals surface area contributed by atoms with E-state index < -0.39 is 28.0 Å². The van der Waals surface area contributed by atoms with Crippen molar-refractivity contribution < 1.29 is 27.4 Å². The molecule has 1 amide bonds. The summed E-state index contributed by atoms with van der Waals surface area (Å²) in [7, 11) is -3.71. The van der Waals surface area contributed by atoms with Gasteiger partial charge in [-0.05, 0) is 36.6 Å². The van der Waals surface area contributed by atoms with Gasteiger partial charge in [0, 0.05) is 13.1 Å². The van der Waals surface area contributed by atoms with Crippen LogP contribution in [0.4, 0.5) is 9.18 Å². The van der Waals surface area contributed by atoms with Crippen molar-refractivity contribution in [1.82, 2.24) is 9.62 Å².